The molecule has 106 valence electrons. The van der Waals surface area contributed by atoms with Crippen LogP contribution in [0, 0.1) is 0 Å². The maximum atomic E-state index is 4.43. The molecule has 1 aromatic rings. The smallest absolute Gasteiger partial charge is 0.231 e. The third-order valence-electron chi connectivity index (χ3n) is 3.20. The Bertz CT molecular complexity index is 421. The van der Waals surface area contributed by atoms with Crippen molar-refractivity contribution in [3.63, 3.8) is 0 Å². The van der Waals surface area contributed by atoms with Gasteiger partial charge in [-0.2, -0.15) is 15.0 Å². The molecular formula is C12H23N7. The second-order valence-corrected chi connectivity index (χ2v) is 5.17. The average Bonchev–Trinajstić information content (AvgIpc) is 2.38. The van der Waals surface area contributed by atoms with Gasteiger partial charge in [0.2, 0.25) is 17.8 Å². The summed E-state index contributed by atoms with van der Waals surface area (Å²) in [7, 11) is 7.80. The predicted molar refractivity (Wildman–Crippen MR) is 77.8 cm³/mol. The fourth-order valence-electron chi connectivity index (χ4n) is 2.21. The maximum absolute atomic E-state index is 4.43. The molecule has 2 N–H and O–H groups in total. The zero-order valence-electron chi connectivity index (χ0n) is 12.1. The Hall–Kier alpha value is -1.63. The molecule has 1 saturated heterocycles. The lowest BCUT2D eigenvalue weighted by Gasteiger charge is -2.30. The van der Waals surface area contributed by atoms with Crippen molar-refractivity contribution in [2.75, 3.05) is 56.8 Å². The molecule has 0 spiro atoms. The summed E-state index contributed by atoms with van der Waals surface area (Å²) in [6.45, 7) is 2.19. The number of rotatable bonds is 4. The van der Waals surface area contributed by atoms with Gasteiger partial charge in [-0.25, -0.2) is 0 Å². The lowest BCUT2D eigenvalue weighted by atomic mass is 10.1. The standard InChI is InChI=1S/C12H23N7/c1-13-10-15-11(17-12(16-10)18(2)3)14-9-6-5-7-19(4)8-9/h9H,5-8H2,1-4H3,(H2,13,14,15,16,17). The normalized spacial score (nSPS) is 20.1. The average molecular weight is 265 g/mol. The minimum Gasteiger partial charge on any atom is -0.357 e. The number of nitrogens with zero attached hydrogens (tertiary/aromatic N) is 5. The van der Waals surface area contributed by atoms with E-state index in [1.54, 1.807) is 0 Å². The van der Waals surface area contributed by atoms with Gasteiger partial charge in [-0.15, -0.1) is 0 Å². The molecule has 0 aromatic carbocycles. The minimum absolute atomic E-state index is 0.404. The maximum Gasteiger partial charge on any atom is 0.231 e. The van der Waals surface area contributed by atoms with Crippen molar-refractivity contribution in [2.45, 2.75) is 18.9 Å². The van der Waals surface area contributed by atoms with Crippen LogP contribution in [0.5, 0.6) is 0 Å². The van der Waals surface area contributed by atoms with Gasteiger partial charge in [-0.1, -0.05) is 0 Å². The molecule has 1 atom stereocenters. The molecule has 7 nitrogen and oxygen atoms in total. The molecular weight excluding hydrogens is 242 g/mol. The van der Waals surface area contributed by atoms with E-state index in [1.165, 1.54) is 13.0 Å². The van der Waals surface area contributed by atoms with Crippen LogP contribution in [0.1, 0.15) is 12.8 Å². The van der Waals surface area contributed by atoms with E-state index in [2.05, 4.69) is 37.5 Å². The van der Waals surface area contributed by atoms with Gasteiger partial charge in [0.15, 0.2) is 0 Å². The molecule has 1 unspecified atom stereocenters. The van der Waals surface area contributed by atoms with Gasteiger partial charge in [0, 0.05) is 33.7 Å². The summed E-state index contributed by atoms with van der Waals surface area (Å²) in [4.78, 5) is 17.3. The highest BCUT2D eigenvalue weighted by atomic mass is 15.3. The molecule has 1 aliphatic heterocycles. The Kier molecular flexibility index (Phi) is 4.36. The lowest BCUT2D eigenvalue weighted by Crippen LogP contribution is -2.40. The summed E-state index contributed by atoms with van der Waals surface area (Å²) in [5.41, 5.74) is 0. The number of likely N-dealkylation sites (N-methyl/N-ethyl adjacent to an activating group) is 1. The molecule has 1 aromatic heterocycles. The van der Waals surface area contributed by atoms with Crippen molar-refractivity contribution in [2.24, 2.45) is 0 Å². The number of anilines is 3. The quantitative estimate of drug-likeness (QED) is 0.821. The van der Waals surface area contributed by atoms with Gasteiger partial charge in [-0.3, -0.25) is 0 Å². The first-order chi connectivity index (χ1) is 9.08. The van der Waals surface area contributed by atoms with E-state index >= 15 is 0 Å². The van der Waals surface area contributed by atoms with E-state index in [1.807, 2.05) is 26.0 Å². The number of likely N-dealkylation sites (tertiary alicyclic amines) is 1. The van der Waals surface area contributed by atoms with Gasteiger partial charge in [0.25, 0.3) is 0 Å². The van der Waals surface area contributed by atoms with E-state index in [0.29, 0.717) is 23.9 Å². The topological polar surface area (TPSA) is 69.2 Å². The molecule has 19 heavy (non-hydrogen) atoms. The molecule has 0 aliphatic carbocycles. The fourth-order valence-corrected chi connectivity index (χ4v) is 2.21. The van der Waals surface area contributed by atoms with Gasteiger partial charge in [-0.05, 0) is 26.4 Å². The van der Waals surface area contributed by atoms with E-state index in [0.717, 1.165) is 13.0 Å². The molecule has 0 saturated carbocycles. The molecule has 0 radical (unpaired) electrons. The van der Waals surface area contributed by atoms with E-state index in [9.17, 15) is 0 Å². The molecule has 1 aliphatic rings. The second kappa shape index (κ2) is 6.01. The number of hydrogen-bond donors (Lipinski definition) is 2. The third kappa shape index (κ3) is 3.66. The van der Waals surface area contributed by atoms with Gasteiger partial charge >= 0.3 is 0 Å². The Morgan fingerprint density at radius 1 is 1.21 bits per heavy atom. The fraction of sp³-hybridized carbons (Fsp3) is 0.750. The molecule has 2 heterocycles. The van der Waals surface area contributed by atoms with Crippen molar-refractivity contribution in [3.8, 4) is 0 Å². The first kappa shape index (κ1) is 13.8. The number of aromatic nitrogens is 3. The van der Waals surface area contributed by atoms with E-state index in [-0.39, 0.29) is 0 Å². The van der Waals surface area contributed by atoms with Crippen LogP contribution in [0.4, 0.5) is 17.8 Å². The van der Waals surface area contributed by atoms with Gasteiger partial charge in [0.1, 0.15) is 0 Å². The highest BCUT2D eigenvalue weighted by Gasteiger charge is 2.18. The molecule has 1 fully saturated rings. The van der Waals surface area contributed by atoms with Crippen molar-refractivity contribution in [3.05, 3.63) is 0 Å². The third-order valence-corrected chi connectivity index (χ3v) is 3.20. The van der Waals surface area contributed by atoms with Crippen molar-refractivity contribution in [1.29, 1.82) is 0 Å². The Morgan fingerprint density at radius 3 is 2.58 bits per heavy atom. The zero-order chi connectivity index (χ0) is 13.8. The number of hydrogen-bond acceptors (Lipinski definition) is 7. The van der Waals surface area contributed by atoms with Crippen LogP contribution < -0.4 is 15.5 Å². The number of nitrogens with one attached hydrogen (secondary N) is 2. The monoisotopic (exact) mass is 265 g/mol. The Labute approximate surface area is 114 Å². The van der Waals surface area contributed by atoms with Crippen LogP contribution in [-0.2, 0) is 0 Å². The van der Waals surface area contributed by atoms with Crippen LogP contribution in [-0.4, -0.2) is 67.2 Å². The minimum atomic E-state index is 0.404. The summed E-state index contributed by atoms with van der Waals surface area (Å²) in [5, 5.41) is 6.38. The van der Waals surface area contributed by atoms with Crippen LogP contribution >= 0.6 is 0 Å². The largest absolute Gasteiger partial charge is 0.357 e. The molecule has 0 bridgehead atoms. The van der Waals surface area contributed by atoms with Gasteiger partial charge < -0.3 is 20.4 Å². The van der Waals surface area contributed by atoms with Gasteiger partial charge in [0.05, 0.1) is 0 Å². The number of piperidine rings is 1. The van der Waals surface area contributed by atoms with Crippen molar-refractivity contribution in [1.82, 2.24) is 19.9 Å². The summed E-state index contributed by atoms with van der Waals surface area (Å²) < 4.78 is 0. The highest BCUT2D eigenvalue weighted by Crippen LogP contribution is 2.15. The van der Waals surface area contributed by atoms with Crippen molar-refractivity contribution < 1.29 is 0 Å². The van der Waals surface area contributed by atoms with Crippen LogP contribution in [0.25, 0.3) is 0 Å². The first-order valence-corrected chi connectivity index (χ1v) is 6.64. The van der Waals surface area contributed by atoms with E-state index in [4.69, 9.17) is 0 Å². The Balaban J connectivity index is 2.12. The van der Waals surface area contributed by atoms with Crippen LogP contribution in [0.3, 0.4) is 0 Å². The predicted octanol–water partition coefficient (Wildman–Crippen LogP) is 0.485. The SMILES string of the molecule is CNc1nc(NC2CCCN(C)C2)nc(N(C)C)n1. The summed E-state index contributed by atoms with van der Waals surface area (Å²) in [5.74, 6) is 1.89. The zero-order valence-corrected chi connectivity index (χ0v) is 12.1. The Morgan fingerprint density at radius 2 is 1.95 bits per heavy atom. The molecule has 2 rings (SSSR count). The molecule has 0 amide bonds. The van der Waals surface area contributed by atoms with Crippen LogP contribution in [0.2, 0.25) is 0 Å². The van der Waals surface area contributed by atoms with Crippen molar-refractivity contribution >= 4 is 17.8 Å². The lowest BCUT2D eigenvalue weighted by molar-refractivity contribution is 0.260. The first-order valence-electron chi connectivity index (χ1n) is 6.64. The molecule has 7 heteroatoms. The van der Waals surface area contributed by atoms with E-state index < -0.39 is 0 Å². The highest BCUT2D eigenvalue weighted by molar-refractivity contribution is 5.43. The summed E-state index contributed by atoms with van der Waals surface area (Å²) >= 11 is 0. The second-order valence-electron chi connectivity index (χ2n) is 5.17. The van der Waals surface area contributed by atoms with Crippen LogP contribution in [0.15, 0.2) is 0 Å². The summed E-state index contributed by atoms with van der Waals surface area (Å²) in [6.07, 6.45) is 2.36. The summed E-state index contributed by atoms with van der Waals surface area (Å²) in [6, 6.07) is 0.404.